The fourth-order valence-corrected chi connectivity index (χ4v) is 7.36. The standard InChI is InChI=1S/C38H45N7O3/c1-38(2)15-7-5-6-8-18-45-30-20-24(28-12-9-16-40-34(28)42-37(38)47)13-14-25(30)21-31(45)35-41-29-19-26(22-32(48-4)33(29)43(35)3)36(46)44-17-10-11-27(39)23-44/h9,12-14,16,19-22,27H,5-8,10-11,15,17-18,23,39H2,1-4H3,(H,40,42,47)/t27-/m1/s1. The number of carbonyl (C=O) groups is 2. The number of nitrogens with two attached hydrogens (primary N) is 1. The van der Waals surface area contributed by atoms with E-state index in [0.717, 1.165) is 90.6 Å². The Kier molecular flexibility index (Phi) is 8.45. The summed E-state index contributed by atoms with van der Waals surface area (Å²) in [6.07, 6.45) is 8.45. The first-order valence-corrected chi connectivity index (χ1v) is 17.1. The Morgan fingerprint density at radius 2 is 1.88 bits per heavy atom. The number of methoxy groups -OCH3 is 1. The number of imidazole rings is 1. The minimum absolute atomic E-state index is 0.000153. The van der Waals surface area contributed by atoms with E-state index in [9.17, 15) is 9.59 Å². The van der Waals surface area contributed by atoms with Crippen LogP contribution in [-0.2, 0) is 18.4 Å². The van der Waals surface area contributed by atoms with Gasteiger partial charge in [0.2, 0.25) is 5.91 Å². The summed E-state index contributed by atoms with van der Waals surface area (Å²) in [6, 6.07) is 16.3. The number of likely N-dealkylation sites (tertiary alicyclic amines) is 1. The molecule has 2 bridgehead atoms. The predicted octanol–water partition coefficient (Wildman–Crippen LogP) is 6.76. The third-order valence-electron chi connectivity index (χ3n) is 10.2. The van der Waals surface area contributed by atoms with Gasteiger partial charge in [0, 0.05) is 66.4 Å². The molecule has 5 aromatic rings. The molecular formula is C38H45N7O3. The van der Waals surface area contributed by atoms with Crippen LogP contribution >= 0.6 is 0 Å². The van der Waals surface area contributed by atoms with Gasteiger partial charge in [0.05, 0.1) is 18.3 Å². The lowest BCUT2D eigenvalue weighted by molar-refractivity contribution is -0.124. The number of nitrogens with one attached hydrogen (secondary N) is 1. The van der Waals surface area contributed by atoms with Gasteiger partial charge in [0.15, 0.2) is 5.82 Å². The highest BCUT2D eigenvalue weighted by atomic mass is 16.5. The second-order valence-electron chi connectivity index (χ2n) is 14.1. The molecule has 1 saturated heterocycles. The van der Waals surface area contributed by atoms with E-state index in [2.05, 4.69) is 43.7 Å². The van der Waals surface area contributed by atoms with Crippen LogP contribution in [-0.4, -0.2) is 62.1 Å². The van der Waals surface area contributed by atoms with Crippen LogP contribution in [0.5, 0.6) is 5.75 Å². The zero-order valence-electron chi connectivity index (χ0n) is 28.4. The molecule has 2 aliphatic heterocycles. The second-order valence-corrected chi connectivity index (χ2v) is 14.1. The number of aryl methyl sites for hydroxylation is 2. The molecule has 2 amide bonds. The molecule has 7 rings (SSSR count). The van der Waals surface area contributed by atoms with Crippen molar-refractivity contribution < 1.29 is 14.3 Å². The summed E-state index contributed by atoms with van der Waals surface area (Å²) >= 11 is 0. The predicted molar refractivity (Wildman–Crippen MR) is 190 cm³/mol. The molecule has 1 atom stereocenters. The van der Waals surface area contributed by atoms with Gasteiger partial charge < -0.3 is 29.8 Å². The summed E-state index contributed by atoms with van der Waals surface area (Å²) in [7, 11) is 3.64. The Labute approximate surface area is 281 Å². The number of ether oxygens (including phenoxy) is 1. The van der Waals surface area contributed by atoms with Crippen molar-refractivity contribution in [2.75, 3.05) is 25.5 Å². The average Bonchev–Trinajstić information content (AvgIpc) is 3.61. The van der Waals surface area contributed by atoms with Crippen LogP contribution in [0.25, 0.3) is 44.6 Å². The molecule has 2 aliphatic rings. The maximum Gasteiger partial charge on any atom is 0.254 e. The fraction of sp³-hybridized carbons (Fsp3) is 0.421. The molecule has 3 N–H and O–H groups in total. The number of carbonyl (C=O) groups excluding carboxylic acids is 2. The van der Waals surface area contributed by atoms with Gasteiger partial charge in [-0.3, -0.25) is 9.59 Å². The molecule has 10 heteroatoms. The lowest BCUT2D eigenvalue weighted by Crippen LogP contribution is -2.45. The molecule has 1 fully saturated rings. The number of benzene rings is 2. The molecule has 0 saturated carbocycles. The monoisotopic (exact) mass is 647 g/mol. The van der Waals surface area contributed by atoms with Gasteiger partial charge >= 0.3 is 0 Å². The summed E-state index contributed by atoms with van der Waals surface area (Å²) in [5.41, 5.74) is 11.8. The number of hydrogen-bond acceptors (Lipinski definition) is 6. The zero-order chi connectivity index (χ0) is 33.6. The number of hydrogen-bond donors (Lipinski definition) is 2. The fourth-order valence-electron chi connectivity index (χ4n) is 7.36. The molecule has 0 aliphatic carbocycles. The molecule has 10 nitrogen and oxygen atoms in total. The van der Waals surface area contributed by atoms with Crippen LogP contribution in [0.15, 0.2) is 54.7 Å². The highest BCUT2D eigenvalue weighted by molar-refractivity contribution is 6.01. The smallest absolute Gasteiger partial charge is 0.254 e. The van der Waals surface area contributed by atoms with Gasteiger partial charge in [0.25, 0.3) is 5.91 Å². The van der Waals surface area contributed by atoms with Crippen LogP contribution in [0.2, 0.25) is 0 Å². The van der Waals surface area contributed by atoms with Crippen LogP contribution in [0.1, 0.15) is 69.2 Å². The zero-order valence-corrected chi connectivity index (χ0v) is 28.4. The number of anilines is 1. The quantitative estimate of drug-likeness (QED) is 0.223. The third kappa shape index (κ3) is 5.83. The second kappa shape index (κ2) is 12.7. The van der Waals surface area contributed by atoms with Crippen molar-refractivity contribution in [3.8, 4) is 28.4 Å². The van der Waals surface area contributed by atoms with Crippen LogP contribution in [0.3, 0.4) is 0 Å². The average molecular weight is 648 g/mol. The number of fused-ring (bicyclic) bond motifs is 4. The highest BCUT2D eigenvalue weighted by Gasteiger charge is 2.29. The first-order valence-electron chi connectivity index (χ1n) is 17.1. The Morgan fingerprint density at radius 3 is 2.69 bits per heavy atom. The Morgan fingerprint density at radius 1 is 1.04 bits per heavy atom. The summed E-state index contributed by atoms with van der Waals surface area (Å²) in [4.78, 5) is 38.5. The summed E-state index contributed by atoms with van der Waals surface area (Å²) < 4.78 is 10.3. The van der Waals surface area contributed by atoms with Crippen LogP contribution < -0.4 is 15.8 Å². The molecule has 250 valence electrons. The van der Waals surface area contributed by atoms with E-state index < -0.39 is 5.41 Å². The van der Waals surface area contributed by atoms with Crippen molar-refractivity contribution in [3.63, 3.8) is 0 Å². The van der Waals surface area contributed by atoms with Crippen LogP contribution in [0.4, 0.5) is 5.82 Å². The summed E-state index contributed by atoms with van der Waals surface area (Å²) in [6.45, 7) is 6.11. The molecule has 3 aromatic heterocycles. The topological polar surface area (TPSA) is 120 Å². The van der Waals surface area contributed by atoms with Crippen molar-refractivity contribution in [1.82, 2.24) is 24.0 Å². The molecule has 0 unspecified atom stereocenters. The van der Waals surface area contributed by atoms with E-state index in [1.807, 2.05) is 50.1 Å². The first kappa shape index (κ1) is 31.9. The maximum atomic E-state index is 13.6. The number of rotatable bonds is 3. The first-order chi connectivity index (χ1) is 23.1. The van der Waals surface area contributed by atoms with Gasteiger partial charge in [-0.1, -0.05) is 45.2 Å². The lowest BCUT2D eigenvalue weighted by atomic mass is 9.85. The molecule has 5 heterocycles. The number of aromatic nitrogens is 4. The Balaban J connectivity index is 1.34. The van der Waals surface area contributed by atoms with Gasteiger partial charge in [-0.15, -0.1) is 0 Å². The normalized spacial score (nSPS) is 18.7. The van der Waals surface area contributed by atoms with E-state index in [0.29, 0.717) is 35.7 Å². The van der Waals surface area contributed by atoms with Gasteiger partial charge in [0.1, 0.15) is 17.1 Å². The SMILES string of the molecule is COc1cc(C(=O)N2CCC[C@@H](N)C2)cc2nc(-c3cc4ccc5cc4n3CCCCCCC(C)(C)C(=O)Nc3ncccc3-5)n(C)c12. The lowest BCUT2D eigenvalue weighted by Gasteiger charge is -2.30. The van der Waals surface area contributed by atoms with Crippen molar-refractivity contribution in [1.29, 1.82) is 0 Å². The summed E-state index contributed by atoms with van der Waals surface area (Å²) in [5.74, 6) is 1.94. The van der Waals surface area contributed by atoms with Gasteiger partial charge in [-0.2, -0.15) is 0 Å². The third-order valence-corrected chi connectivity index (χ3v) is 10.2. The Bertz CT molecular complexity index is 2020. The van der Waals surface area contributed by atoms with Crippen molar-refractivity contribution in [2.45, 2.75) is 71.4 Å². The maximum absolute atomic E-state index is 13.6. The van der Waals surface area contributed by atoms with Gasteiger partial charge in [-0.05, 0) is 67.6 Å². The van der Waals surface area contributed by atoms with Gasteiger partial charge in [-0.25, -0.2) is 9.97 Å². The van der Waals surface area contributed by atoms with Crippen LogP contribution in [0, 0.1) is 5.41 Å². The molecule has 0 spiro atoms. The van der Waals surface area contributed by atoms with Crippen molar-refractivity contribution >= 4 is 39.6 Å². The molecule has 2 aromatic carbocycles. The van der Waals surface area contributed by atoms with E-state index in [4.69, 9.17) is 15.5 Å². The van der Waals surface area contributed by atoms with Crippen molar-refractivity contribution in [3.05, 3.63) is 60.3 Å². The highest BCUT2D eigenvalue weighted by Crippen LogP contribution is 2.37. The van der Waals surface area contributed by atoms with E-state index >= 15 is 0 Å². The number of nitrogens with zero attached hydrogens (tertiary/aromatic N) is 5. The number of amides is 2. The van der Waals surface area contributed by atoms with E-state index in [-0.39, 0.29) is 17.9 Å². The summed E-state index contributed by atoms with van der Waals surface area (Å²) in [5, 5.41) is 4.24. The number of pyridine rings is 1. The molecule has 0 radical (unpaired) electrons. The van der Waals surface area contributed by atoms with E-state index in [1.165, 1.54) is 0 Å². The Hall–Kier alpha value is -4.70. The molecular weight excluding hydrogens is 602 g/mol. The minimum Gasteiger partial charge on any atom is -0.494 e. The van der Waals surface area contributed by atoms with Crippen molar-refractivity contribution in [2.24, 2.45) is 18.2 Å². The molecule has 48 heavy (non-hydrogen) atoms. The minimum atomic E-state index is -0.496. The number of piperidine rings is 1. The van der Waals surface area contributed by atoms with E-state index in [1.54, 1.807) is 13.3 Å². The largest absolute Gasteiger partial charge is 0.494 e.